The van der Waals surface area contributed by atoms with Crippen LogP contribution in [0.4, 0.5) is 0 Å². The highest BCUT2D eigenvalue weighted by Crippen LogP contribution is 2.30. The Morgan fingerprint density at radius 3 is 3.22 bits per heavy atom. The summed E-state index contributed by atoms with van der Waals surface area (Å²) in [5.41, 5.74) is 3.46. The minimum atomic E-state index is 0.405. The summed E-state index contributed by atoms with van der Waals surface area (Å²) in [7, 11) is 0. The van der Waals surface area contributed by atoms with Crippen molar-refractivity contribution in [2.75, 3.05) is 6.54 Å². The molecule has 1 aliphatic heterocycles. The molecule has 0 radical (unpaired) electrons. The number of hydrogen-bond donors (Lipinski definition) is 1. The molecule has 0 saturated carbocycles. The summed E-state index contributed by atoms with van der Waals surface area (Å²) in [6, 6.07) is 12.8. The molecule has 0 saturated heterocycles. The van der Waals surface area contributed by atoms with Crippen LogP contribution in [0.5, 0.6) is 0 Å². The molecule has 0 fully saturated rings. The number of fused-ring (bicyclic) bond motifs is 1. The predicted octanol–water partition coefficient (Wildman–Crippen LogP) is 3.05. The quantitative estimate of drug-likeness (QED) is 0.894. The first-order valence-electron chi connectivity index (χ1n) is 6.15. The molecule has 0 amide bonds. The van der Waals surface area contributed by atoms with Gasteiger partial charge in [-0.05, 0) is 54.1 Å². The number of thiophene rings is 1. The molecule has 1 N–H and O–H groups in total. The predicted molar refractivity (Wildman–Crippen MR) is 73.6 cm³/mol. The maximum atomic E-state index is 8.93. The van der Waals surface area contributed by atoms with Gasteiger partial charge in [0, 0.05) is 10.9 Å². The molecule has 18 heavy (non-hydrogen) atoms. The average Bonchev–Trinajstić information content (AvgIpc) is 2.88. The Kier molecular flexibility index (Phi) is 3.14. The van der Waals surface area contributed by atoms with Gasteiger partial charge in [-0.15, -0.1) is 11.3 Å². The van der Waals surface area contributed by atoms with E-state index in [1.807, 2.05) is 29.5 Å². The van der Waals surface area contributed by atoms with Crippen molar-refractivity contribution in [3.63, 3.8) is 0 Å². The molecule has 3 heteroatoms. The van der Waals surface area contributed by atoms with Gasteiger partial charge in [0.15, 0.2) is 0 Å². The Hall–Kier alpha value is -1.63. The van der Waals surface area contributed by atoms with Crippen molar-refractivity contribution in [1.82, 2.24) is 5.32 Å². The second kappa shape index (κ2) is 4.93. The molecule has 0 spiro atoms. The zero-order chi connectivity index (χ0) is 12.4. The fourth-order valence-corrected chi connectivity index (χ4v) is 3.53. The summed E-state index contributed by atoms with van der Waals surface area (Å²) in [6.07, 6.45) is 2.09. The highest BCUT2D eigenvalue weighted by Gasteiger charge is 2.20. The standard InChI is InChI=1S/C15H14N2S/c16-10-12-3-1-2-11(8-12)9-14-15-13(4-6-17-14)5-7-18-15/h1-3,5,7-8,14,17H,4,6,9H2. The van der Waals surface area contributed by atoms with Gasteiger partial charge in [-0.25, -0.2) is 0 Å². The number of hydrogen-bond acceptors (Lipinski definition) is 3. The lowest BCUT2D eigenvalue weighted by molar-refractivity contribution is 0.512. The van der Waals surface area contributed by atoms with E-state index < -0.39 is 0 Å². The maximum absolute atomic E-state index is 8.93. The largest absolute Gasteiger partial charge is 0.309 e. The van der Waals surface area contributed by atoms with Crippen molar-refractivity contribution in [3.8, 4) is 6.07 Å². The maximum Gasteiger partial charge on any atom is 0.0991 e. The van der Waals surface area contributed by atoms with E-state index in [1.165, 1.54) is 16.0 Å². The lowest BCUT2D eigenvalue weighted by Crippen LogP contribution is -2.29. The summed E-state index contributed by atoms with van der Waals surface area (Å²) in [6.45, 7) is 1.05. The lowest BCUT2D eigenvalue weighted by atomic mass is 9.97. The Morgan fingerprint density at radius 1 is 1.39 bits per heavy atom. The van der Waals surface area contributed by atoms with Crippen LogP contribution in [0, 0.1) is 11.3 Å². The van der Waals surface area contributed by atoms with Gasteiger partial charge >= 0.3 is 0 Å². The first kappa shape index (κ1) is 11.5. The van der Waals surface area contributed by atoms with E-state index in [9.17, 15) is 0 Å². The second-order valence-corrected chi connectivity index (χ2v) is 5.53. The smallest absolute Gasteiger partial charge is 0.0991 e. The van der Waals surface area contributed by atoms with Crippen LogP contribution < -0.4 is 5.32 Å². The summed E-state index contributed by atoms with van der Waals surface area (Å²) in [5, 5.41) is 14.7. The van der Waals surface area contributed by atoms with Crippen molar-refractivity contribution < 1.29 is 0 Å². The van der Waals surface area contributed by atoms with Gasteiger partial charge in [0.1, 0.15) is 0 Å². The van der Waals surface area contributed by atoms with Crippen molar-refractivity contribution in [3.05, 3.63) is 57.3 Å². The van der Waals surface area contributed by atoms with Crippen molar-refractivity contribution in [1.29, 1.82) is 5.26 Å². The van der Waals surface area contributed by atoms with E-state index in [2.05, 4.69) is 28.9 Å². The summed E-state index contributed by atoms with van der Waals surface area (Å²) >= 11 is 1.84. The number of benzene rings is 1. The molecule has 1 aliphatic rings. The zero-order valence-electron chi connectivity index (χ0n) is 10.0. The minimum Gasteiger partial charge on any atom is -0.309 e. The molecule has 2 aromatic rings. The van der Waals surface area contributed by atoms with Gasteiger partial charge in [-0.2, -0.15) is 5.26 Å². The van der Waals surface area contributed by atoms with Gasteiger partial charge in [-0.1, -0.05) is 12.1 Å². The summed E-state index contributed by atoms with van der Waals surface area (Å²) in [5.74, 6) is 0. The molecule has 2 nitrogen and oxygen atoms in total. The highest BCUT2D eigenvalue weighted by molar-refractivity contribution is 7.10. The van der Waals surface area contributed by atoms with Crippen molar-refractivity contribution in [2.24, 2.45) is 0 Å². The molecule has 1 aromatic heterocycles. The third-order valence-electron chi connectivity index (χ3n) is 3.38. The molecular weight excluding hydrogens is 240 g/mol. The molecule has 1 aromatic carbocycles. The van der Waals surface area contributed by atoms with E-state index in [1.54, 1.807) is 0 Å². The van der Waals surface area contributed by atoms with Gasteiger partial charge < -0.3 is 5.32 Å². The van der Waals surface area contributed by atoms with E-state index in [0.717, 1.165) is 24.9 Å². The first-order chi connectivity index (χ1) is 8.86. The van der Waals surface area contributed by atoms with Crippen LogP contribution in [0.1, 0.15) is 27.6 Å². The SMILES string of the molecule is N#Cc1cccc(CC2NCCc3ccsc32)c1. The Bertz CT molecular complexity index is 595. The Labute approximate surface area is 111 Å². The zero-order valence-corrected chi connectivity index (χ0v) is 10.8. The Morgan fingerprint density at radius 2 is 2.33 bits per heavy atom. The van der Waals surface area contributed by atoms with Crippen molar-refractivity contribution in [2.45, 2.75) is 18.9 Å². The normalized spacial score (nSPS) is 18.1. The fraction of sp³-hybridized carbons (Fsp3) is 0.267. The summed E-state index contributed by atoms with van der Waals surface area (Å²) < 4.78 is 0. The lowest BCUT2D eigenvalue weighted by Gasteiger charge is -2.24. The summed E-state index contributed by atoms with van der Waals surface area (Å²) in [4.78, 5) is 1.46. The number of rotatable bonds is 2. The molecule has 0 aliphatic carbocycles. The van der Waals surface area contributed by atoms with Crippen LogP contribution in [0.25, 0.3) is 0 Å². The number of nitrogens with zero attached hydrogens (tertiary/aromatic N) is 1. The molecule has 1 unspecified atom stereocenters. The third kappa shape index (κ3) is 2.17. The molecule has 3 rings (SSSR count). The van der Waals surface area contributed by atoms with Crippen LogP contribution in [0.15, 0.2) is 35.7 Å². The molecule has 1 atom stereocenters. The fourth-order valence-electron chi connectivity index (χ4n) is 2.50. The number of nitrogens with one attached hydrogen (secondary N) is 1. The van der Waals surface area contributed by atoms with E-state index >= 15 is 0 Å². The van der Waals surface area contributed by atoms with E-state index in [4.69, 9.17) is 5.26 Å². The topological polar surface area (TPSA) is 35.8 Å². The van der Waals surface area contributed by atoms with Gasteiger partial charge in [0.25, 0.3) is 0 Å². The molecule has 0 bridgehead atoms. The van der Waals surface area contributed by atoms with Crippen LogP contribution in [0.2, 0.25) is 0 Å². The van der Waals surface area contributed by atoms with E-state index in [0.29, 0.717) is 6.04 Å². The number of nitriles is 1. The van der Waals surface area contributed by atoms with Crippen LogP contribution >= 0.6 is 11.3 Å². The van der Waals surface area contributed by atoms with E-state index in [-0.39, 0.29) is 0 Å². The van der Waals surface area contributed by atoms with Crippen LogP contribution in [-0.2, 0) is 12.8 Å². The monoisotopic (exact) mass is 254 g/mol. The van der Waals surface area contributed by atoms with Gasteiger partial charge in [0.05, 0.1) is 11.6 Å². The first-order valence-corrected chi connectivity index (χ1v) is 7.03. The molecule has 90 valence electrons. The second-order valence-electron chi connectivity index (χ2n) is 4.58. The molecule has 2 heterocycles. The van der Waals surface area contributed by atoms with Crippen molar-refractivity contribution >= 4 is 11.3 Å². The van der Waals surface area contributed by atoms with Gasteiger partial charge in [0.2, 0.25) is 0 Å². The van der Waals surface area contributed by atoms with Gasteiger partial charge in [-0.3, -0.25) is 0 Å². The third-order valence-corrected chi connectivity index (χ3v) is 4.45. The Balaban J connectivity index is 1.84. The molecular formula is C15H14N2S. The van der Waals surface area contributed by atoms with Crippen LogP contribution in [-0.4, -0.2) is 6.54 Å². The average molecular weight is 254 g/mol. The minimum absolute atomic E-state index is 0.405. The highest BCUT2D eigenvalue weighted by atomic mass is 32.1. The van der Waals surface area contributed by atoms with Crippen LogP contribution in [0.3, 0.4) is 0 Å².